The van der Waals surface area contributed by atoms with Crippen LogP contribution in [0.3, 0.4) is 0 Å². The maximum Gasteiger partial charge on any atom is 0.235 e. The number of benzene rings is 2. The highest BCUT2D eigenvalue weighted by molar-refractivity contribution is 6.32. The number of nitrogens with two attached hydrogens (primary N) is 1. The van der Waals surface area contributed by atoms with Crippen molar-refractivity contribution in [2.75, 3.05) is 32.5 Å². The normalized spacial score (nSPS) is 31.0. The lowest BCUT2D eigenvalue weighted by Gasteiger charge is -2.52. The molecule has 6 rings (SSSR count). The zero-order valence-corrected chi connectivity index (χ0v) is 24.9. The number of carbonyl (C=O) groups excluding carboxylic acids is 5. The van der Waals surface area contributed by atoms with Crippen molar-refractivity contribution in [2.45, 2.75) is 49.9 Å². The number of fused-ring (bicyclic) bond motifs is 3. The van der Waals surface area contributed by atoms with Gasteiger partial charge in [0.1, 0.15) is 5.75 Å². The van der Waals surface area contributed by atoms with Crippen molar-refractivity contribution in [2.24, 2.45) is 29.4 Å². The molecular formula is C33H38N4O7. The minimum atomic E-state index is -2.73. The third-order valence-electron chi connectivity index (χ3n) is 10.1. The molecule has 6 unspecified atom stereocenters. The van der Waals surface area contributed by atoms with Gasteiger partial charge in [0, 0.05) is 31.6 Å². The van der Waals surface area contributed by atoms with Gasteiger partial charge in [-0.1, -0.05) is 36.4 Å². The summed E-state index contributed by atoms with van der Waals surface area (Å²) in [5, 5.41) is 26.4. The second-order valence-corrected chi connectivity index (χ2v) is 13.0. The van der Waals surface area contributed by atoms with E-state index in [-0.39, 0.29) is 30.2 Å². The topological polar surface area (TPSA) is 170 Å². The number of Topliss-reactive ketones (excluding diaryl/α,β-unsaturated/α-hetero) is 4. The zero-order valence-electron chi connectivity index (χ0n) is 24.9. The predicted octanol–water partition coefficient (Wildman–Crippen LogP) is 0.944. The summed E-state index contributed by atoms with van der Waals surface area (Å²) < 4.78 is 0. The highest BCUT2D eigenvalue weighted by Crippen LogP contribution is 2.51. The van der Waals surface area contributed by atoms with Gasteiger partial charge in [-0.05, 0) is 62.9 Å². The first kappa shape index (κ1) is 30.1. The quantitative estimate of drug-likeness (QED) is 0.276. The Morgan fingerprint density at radius 2 is 1.73 bits per heavy atom. The second kappa shape index (κ2) is 11.2. The predicted molar refractivity (Wildman–Crippen MR) is 160 cm³/mol. The summed E-state index contributed by atoms with van der Waals surface area (Å²) in [7, 11) is 3.13. The van der Waals surface area contributed by atoms with Crippen LogP contribution in [0.1, 0.15) is 40.7 Å². The molecule has 3 fully saturated rings. The van der Waals surface area contributed by atoms with Crippen LogP contribution in [-0.2, 0) is 32.1 Å². The molecule has 44 heavy (non-hydrogen) atoms. The van der Waals surface area contributed by atoms with Gasteiger partial charge in [0.15, 0.2) is 34.7 Å². The minimum absolute atomic E-state index is 0.00288. The Hall–Kier alpha value is -3.93. The summed E-state index contributed by atoms with van der Waals surface area (Å²) in [5.41, 5.74) is 4.87. The number of phenolic OH excluding ortho intramolecular Hbond substituents is 1. The maximum absolute atomic E-state index is 14.0. The number of carbonyl (C=O) groups is 5. The molecule has 3 aliphatic carbocycles. The maximum atomic E-state index is 14.0. The van der Waals surface area contributed by atoms with Crippen molar-refractivity contribution in [3.05, 3.63) is 59.2 Å². The van der Waals surface area contributed by atoms with Crippen LogP contribution < -0.4 is 11.1 Å². The van der Waals surface area contributed by atoms with Crippen LogP contribution in [0, 0.1) is 23.7 Å². The highest BCUT2D eigenvalue weighted by atomic mass is 16.3. The van der Waals surface area contributed by atoms with Crippen LogP contribution in [0.15, 0.2) is 42.5 Å². The van der Waals surface area contributed by atoms with E-state index in [9.17, 15) is 34.2 Å². The van der Waals surface area contributed by atoms with E-state index >= 15 is 0 Å². The molecule has 11 nitrogen and oxygen atoms in total. The van der Waals surface area contributed by atoms with Crippen LogP contribution in [0.2, 0.25) is 0 Å². The molecule has 232 valence electrons. The third kappa shape index (κ3) is 4.74. The number of anilines is 1. The van der Waals surface area contributed by atoms with Gasteiger partial charge in [-0.3, -0.25) is 33.8 Å². The zero-order chi connectivity index (χ0) is 31.5. The fraction of sp³-hybridized carbons (Fsp3) is 0.485. The molecule has 0 radical (unpaired) electrons. The van der Waals surface area contributed by atoms with Gasteiger partial charge < -0.3 is 21.3 Å². The molecule has 0 bridgehead atoms. The Labute approximate surface area is 255 Å². The summed E-state index contributed by atoms with van der Waals surface area (Å²) in [6, 6.07) is 12.7. The van der Waals surface area contributed by atoms with Gasteiger partial charge in [0.25, 0.3) is 0 Å². The van der Waals surface area contributed by atoms with Gasteiger partial charge in [-0.15, -0.1) is 0 Å². The standard InChI is InChI=1S/C33H38N4O7/c1-36(2)26-21-15-19-14-18-8-9-22(35-20-10-12-37(13-11-20)16-17-6-4-3-5-7-17)27(38)23(18)28(39)24(19)30(41)33(21,44)31(42)25(29(26)40)32(34)43/h3-9,19-21,24-26,35,38,44H,10-16H2,1-2H3,(H2,34,43). The van der Waals surface area contributed by atoms with Crippen LogP contribution in [0.25, 0.3) is 0 Å². The van der Waals surface area contributed by atoms with E-state index in [1.165, 1.54) is 10.5 Å². The van der Waals surface area contributed by atoms with Crippen molar-refractivity contribution in [3.63, 3.8) is 0 Å². The number of ketones is 4. The lowest BCUT2D eigenvalue weighted by atomic mass is 9.52. The number of likely N-dealkylation sites (N-methyl/N-ethyl adjacent to an activating group) is 1. The number of aliphatic hydroxyl groups is 1. The molecule has 0 spiro atoms. The summed E-state index contributed by atoms with van der Waals surface area (Å²) in [4.78, 5) is 70.6. The Bertz CT molecular complexity index is 1530. The van der Waals surface area contributed by atoms with E-state index in [2.05, 4.69) is 22.3 Å². The largest absolute Gasteiger partial charge is 0.505 e. The molecule has 1 aliphatic heterocycles. The van der Waals surface area contributed by atoms with Crippen LogP contribution in [0.4, 0.5) is 5.69 Å². The van der Waals surface area contributed by atoms with Gasteiger partial charge in [-0.25, -0.2) is 0 Å². The van der Waals surface area contributed by atoms with E-state index in [0.717, 1.165) is 32.5 Å². The van der Waals surface area contributed by atoms with E-state index in [1.54, 1.807) is 26.2 Å². The van der Waals surface area contributed by atoms with Gasteiger partial charge in [0.2, 0.25) is 5.91 Å². The number of nitrogens with one attached hydrogen (secondary N) is 1. The molecule has 1 saturated heterocycles. The number of phenols is 1. The lowest BCUT2D eigenvalue weighted by molar-refractivity contribution is -0.181. The average molecular weight is 603 g/mol. The molecule has 5 N–H and O–H groups in total. The van der Waals surface area contributed by atoms with Crippen LogP contribution in [-0.4, -0.2) is 93.9 Å². The van der Waals surface area contributed by atoms with Crippen molar-refractivity contribution < 1.29 is 34.2 Å². The van der Waals surface area contributed by atoms with Crippen molar-refractivity contribution in [3.8, 4) is 5.75 Å². The molecule has 11 heteroatoms. The number of hydrogen-bond acceptors (Lipinski definition) is 10. The molecule has 1 heterocycles. The first-order chi connectivity index (χ1) is 20.9. The summed E-state index contributed by atoms with van der Waals surface area (Å²) in [6.45, 7) is 2.60. The highest BCUT2D eigenvalue weighted by Gasteiger charge is 2.69. The van der Waals surface area contributed by atoms with E-state index < -0.39 is 64.4 Å². The fourth-order valence-electron chi connectivity index (χ4n) is 7.99. The number of rotatable bonds is 6. The van der Waals surface area contributed by atoms with Crippen LogP contribution >= 0.6 is 0 Å². The number of nitrogens with zero attached hydrogens (tertiary/aromatic N) is 2. The van der Waals surface area contributed by atoms with Crippen LogP contribution in [0.5, 0.6) is 5.75 Å². The lowest BCUT2D eigenvalue weighted by Crippen LogP contribution is -2.74. The molecule has 2 saturated carbocycles. The molecule has 0 aromatic heterocycles. The van der Waals surface area contributed by atoms with Gasteiger partial charge in [0.05, 0.1) is 23.2 Å². The number of amides is 1. The second-order valence-electron chi connectivity index (χ2n) is 13.0. The number of hydrogen-bond donors (Lipinski definition) is 4. The Morgan fingerprint density at radius 3 is 2.36 bits per heavy atom. The smallest absolute Gasteiger partial charge is 0.235 e. The molecule has 6 atom stereocenters. The minimum Gasteiger partial charge on any atom is -0.505 e. The first-order valence-corrected chi connectivity index (χ1v) is 15.2. The Kier molecular flexibility index (Phi) is 7.67. The van der Waals surface area contributed by atoms with Crippen molar-refractivity contribution >= 4 is 34.7 Å². The van der Waals surface area contributed by atoms with Crippen molar-refractivity contribution in [1.82, 2.24) is 9.80 Å². The summed E-state index contributed by atoms with van der Waals surface area (Å²) in [6.07, 6.45) is 1.96. The SMILES string of the molecule is CN(C)C1C(=O)C(C(N)=O)C(=O)C2(O)C(=O)C3C(=O)c4c(ccc(NC5CCN(Cc6ccccc6)CC5)c4O)CC3CC12. The van der Waals surface area contributed by atoms with E-state index in [0.29, 0.717) is 11.3 Å². The third-order valence-corrected chi connectivity index (χ3v) is 10.1. The van der Waals surface area contributed by atoms with Crippen molar-refractivity contribution in [1.29, 1.82) is 0 Å². The number of primary amides is 1. The number of likely N-dealkylation sites (tertiary alicyclic amines) is 1. The molecule has 4 aliphatic rings. The van der Waals surface area contributed by atoms with E-state index in [1.807, 2.05) is 18.2 Å². The first-order valence-electron chi connectivity index (χ1n) is 15.2. The van der Waals surface area contributed by atoms with Gasteiger partial charge in [-0.2, -0.15) is 0 Å². The molecule has 2 aromatic carbocycles. The molecule has 1 amide bonds. The van der Waals surface area contributed by atoms with Gasteiger partial charge >= 0.3 is 0 Å². The monoisotopic (exact) mass is 602 g/mol. The Morgan fingerprint density at radius 1 is 1.05 bits per heavy atom. The molecular weight excluding hydrogens is 564 g/mol. The number of aromatic hydroxyl groups is 1. The van der Waals surface area contributed by atoms with E-state index in [4.69, 9.17) is 5.73 Å². The fourth-order valence-corrected chi connectivity index (χ4v) is 7.99. The Balaban J connectivity index is 1.24. The summed E-state index contributed by atoms with van der Waals surface area (Å²) in [5.74, 6) is -10.3. The average Bonchev–Trinajstić information content (AvgIpc) is 2.97. The number of piperidine rings is 1. The summed E-state index contributed by atoms with van der Waals surface area (Å²) >= 11 is 0. The molecule has 2 aromatic rings.